The Labute approximate surface area is 103 Å². The zero-order chi connectivity index (χ0) is 12.3. The molecule has 1 aromatic rings. The molecule has 2 unspecified atom stereocenters. The summed E-state index contributed by atoms with van der Waals surface area (Å²) in [5.74, 6) is 3.50. The maximum absolute atomic E-state index is 4.31. The van der Waals surface area contributed by atoms with Gasteiger partial charge in [0.05, 0.1) is 0 Å². The Hall–Kier alpha value is -1.32. The summed E-state index contributed by atoms with van der Waals surface area (Å²) in [6, 6.07) is 0. The van der Waals surface area contributed by atoms with Crippen molar-refractivity contribution in [3.05, 3.63) is 11.9 Å². The summed E-state index contributed by atoms with van der Waals surface area (Å²) in [5, 5.41) is 6.55. The molecule has 17 heavy (non-hydrogen) atoms. The average Bonchev–Trinajstić information content (AvgIpc) is 2.74. The van der Waals surface area contributed by atoms with Gasteiger partial charge in [-0.15, -0.1) is 0 Å². The predicted molar refractivity (Wildman–Crippen MR) is 71.3 cm³/mol. The minimum atomic E-state index is 0.794. The number of nitrogens with one attached hydrogen (secondary N) is 2. The molecule has 4 heteroatoms. The summed E-state index contributed by atoms with van der Waals surface area (Å²) in [7, 11) is 1.89. The lowest BCUT2D eigenvalue weighted by Crippen LogP contribution is -2.18. The molecule has 2 N–H and O–H groups in total. The standard InChI is InChI=1S/C13H22N4/c1-9-5-4-6-11(9)7-15-13-10(2)12(14-3)16-8-17-13/h8-9,11H,4-7H2,1-3H3,(H2,14,15,16,17). The van der Waals surface area contributed by atoms with Crippen molar-refractivity contribution < 1.29 is 0 Å². The fraction of sp³-hybridized carbons (Fsp3) is 0.692. The number of hydrogen-bond donors (Lipinski definition) is 2. The first kappa shape index (κ1) is 12.1. The second-order valence-corrected chi connectivity index (χ2v) is 5.00. The molecular formula is C13H22N4. The van der Waals surface area contributed by atoms with E-state index < -0.39 is 0 Å². The van der Waals surface area contributed by atoms with Crippen molar-refractivity contribution in [2.75, 3.05) is 24.2 Å². The Morgan fingerprint density at radius 1 is 1.29 bits per heavy atom. The van der Waals surface area contributed by atoms with Crippen LogP contribution in [0, 0.1) is 18.8 Å². The van der Waals surface area contributed by atoms with Gasteiger partial charge in [0.25, 0.3) is 0 Å². The summed E-state index contributed by atoms with van der Waals surface area (Å²) in [4.78, 5) is 8.50. The third kappa shape index (κ3) is 2.68. The zero-order valence-corrected chi connectivity index (χ0v) is 11.0. The normalized spacial score (nSPS) is 23.7. The van der Waals surface area contributed by atoms with Crippen molar-refractivity contribution in [1.82, 2.24) is 9.97 Å². The highest BCUT2D eigenvalue weighted by atomic mass is 15.1. The Kier molecular flexibility index (Phi) is 3.82. The maximum Gasteiger partial charge on any atom is 0.134 e. The highest BCUT2D eigenvalue weighted by molar-refractivity contribution is 5.56. The molecule has 0 aromatic carbocycles. The first-order valence-electron chi connectivity index (χ1n) is 6.45. The van der Waals surface area contributed by atoms with Crippen LogP contribution in [0.3, 0.4) is 0 Å². The molecule has 2 atom stereocenters. The van der Waals surface area contributed by atoms with Crippen LogP contribution in [-0.4, -0.2) is 23.6 Å². The molecule has 0 spiro atoms. The third-order valence-corrected chi connectivity index (χ3v) is 3.89. The van der Waals surface area contributed by atoms with E-state index in [0.29, 0.717) is 0 Å². The van der Waals surface area contributed by atoms with Gasteiger partial charge in [0.15, 0.2) is 0 Å². The van der Waals surface area contributed by atoms with E-state index in [4.69, 9.17) is 0 Å². The largest absolute Gasteiger partial charge is 0.373 e. The summed E-state index contributed by atoms with van der Waals surface area (Å²) < 4.78 is 0. The minimum Gasteiger partial charge on any atom is -0.373 e. The first-order chi connectivity index (χ1) is 8.22. The second-order valence-electron chi connectivity index (χ2n) is 5.00. The van der Waals surface area contributed by atoms with Gasteiger partial charge < -0.3 is 10.6 Å². The lowest BCUT2D eigenvalue weighted by atomic mass is 9.98. The Morgan fingerprint density at radius 2 is 2.06 bits per heavy atom. The van der Waals surface area contributed by atoms with E-state index in [1.165, 1.54) is 19.3 Å². The minimum absolute atomic E-state index is 0.794. The van der Waals surface area contributed by atoms with Crippen molar-refractivity contribution in [2.24, 2.45) is 11.8 Å². The SMILES string of the molecule is CNc1ncnc(NCC2CCCC2C)c1C. The van der Waals surface area contributed by atoms with Gasteiger partial charge >= 0.3 is 0 Å². The van der Waals surface area contributed by atoms with E-state index >= 15 is 0 Å². The highest BCUT2D eigenvalue weighted by Gasteiger charge is 2.23. The smallest absolute Gasteiger partial charge is 0.134 e. The quantitative estimate of drug-likeness (QED) is 0.841. The van der Waals surface area contributed by atoms with Gasteiger partial charge in [-0.1, -0.05) is 19.8 Å². The Balaban J connectivity index is 1.99. The molecule has 2 rings (SSSR count). The van der Waals surface area contributed by atoms with E-state index in [0.717, 1.165) is 35.6 Å². The first-order valence-corrected chi connectivity index (χ1v) is 6.45. The number of rotatable bonds is 4. The molecule has 0 amide bonds. The van der Waals surface area contributed by atoms with E-state index in [-0.39, 0.29) is 0 Å². The van der Waals surface area contributed by atoms with Gasteiger partial charge in [0, 0.05) is 19.2 Å². The van der Waals surface area contributed by atoms with E-state index in [1.54, 1.807) is 6.33 Å². The van der Waals surface area contributed by atoms with Crippen LogP contribution in [-0.2, 0) is 0 Å². The van der Waals surface area contributed by atoms with Crippen LogP contribution in [0.15, 0.2) is 6.33 Å². The van der Waals surface area contributed by atoms with Crippen LogP contribution in [0.25, 0.3) is 0 Å². The number of aromatic nitrogens is 2. The van der Waals surface area contributed by atoms with Gasteiger partial charge in [-0.2, -0.15) is 0 Å². The molecule has 1 heterocycles. The fourth-order valence-corrected chi connectivity index (χ4v) is 2.63. The molecule has 1 saturated carbocycles. The lowest BCUT2D eigenvalue weighted by Gasteiger charge is -2.17. The van der Waals surface area contributed by atoms with Crippen LogP contribution in [0.2, 0.25) is 0 Å². The van der Waals surface area contributed by atoms with Gasteiger partial charge in [-0.25, -0.2) is 9.97 Å². The predicted octanol–water partition coefficient (Wildman–Crippen LogP) is 2.67. The zero-order valence-electron chi connectivity index (χ0n) is 11.0. The topological polar surface area (TPSA) is 49.8 Å². The van der Waals surface area contributed by atoms with E-state index in [1.807, 2.05) is 14.0 Å². The van der Waals surface area contributed by atoms with Crippen molar-refractivity contribution in [1.29, 1.82) is 0 Å². The number of nitrogens with zero attached hydrogens (tertiary/aromatic N) is 2. The number of hydrogen-bond acceptors (Lipinski definition) is 4. The molecule has 1 fully saturated rings. The molecule has 0 aliphatic heterocycles. The van der Waals surface area contributed by atoms with Crippen molar-refractivity contribution >= 4 is 11.6 Å². The molecule has 1 aromatic heterocycles. The van der Waals surface area contributed by atoms with Crippen LogP contribution in [0.4, 0.5) is 11.6 Å². The fourth-order valence-electron chi connectivity index (χ4n) is 2.63. The average molecular weight is 234 g/mol. The second kappa shape index (κ2) is 5.34. The highest BCUT2D eigenvalue weighted by Crippen LogP contribution is 2.31. The van der Waals surface area contributed by atoms with Crippen molar-refractivity contribution in [3.63, 3.8) is 0 Å². The Bertz CT molecular complexity index is 378. The van der Waals surface area contributed by atoms with Gasteiger partial charge in [-0.3, -0.25) is 0 Å². The summed E-state index contributed by atoms with van der Waals surface area (Å²) in [5.41, 5.74) is 1.10. The van der Waals surface area contributed by atoms with E-state index in [2.05, 4.69) is 27.5 Å². The molecule has 94 valence electrons. The van der Waals surface area contributed by atoms with E-state index in [9.17, 15) is 0 Å². The van der Waals surface area contributed by atoms with Crippen LogP contribution < -0.4 is 10.6 Å². The molecule has 0 radical (unpaired) electrons. The molecule has 1 aliphatic rings. The van der Waals surface area contributed by atoms with Gasteiger partial charge in [-0.05, 0) is 25.2 Å². The monoisotopic (exact) mass is 234 g/mol. The molecule has 0 bridgehead atoms. The van der Waals surface area contributed by atoms with Crippen molar-refractivity contribution in [3.8, 4) is 0 Å². The molecule has 0 saturated heterocycles. The van der Waals surface area contributed by atoms with Gasteiger partial charge in [0.1, 0.15) is 18.0 Å². The summed E-state index contributed by atoms with van der Waals surface area (Å²) in [6.07, 6.45) is 5.70. The van der Waals surface area contributed by atoms with Crippen LogP contribution in [0.1, 0.15) is 31.7 Å². The number of anilines is 2. The van der Waals surface area contributed by atoms with Crippen molar-refractivity contribution in [2.45, 2.75) is 33.1 Å². The lowest BCUT2D eigenvalue weighted by molar-refractivity contribution is 0.439. The van der Waals surface area contributed by atoms with Crippen LogP contribution >= 0.6 is 0 Å². The van der Waals surface area contributed by atoms with Gasteiger partial charge in [0.2, 0.25) is 0 Å². The summed E-state index contributed by atoms with van der Waals surface area (Å²) in [6.45, 7) is 5.43. The van der Waals surface area contributed by atoms with Crippen LogP contribution in [0.5, 0.6) is 0 Å². The Morgan fingerprint density at radius 3 is 2.71 bits per heavy atom. The molecular weight excluding hydrogens is 212 g/mol. The molecule has 1 aliphatic carbocycles. The maximum atomic E-state index is 4.31. The molecule has 4 nitrogen and oxygen atoms in total. The summed E-state index contributed by atoms with van der Waals surface area (Å²) >= 11 is 0. The third-order valence-electron chi connectivity index (χ3n) is 3.89.